The molecule has 16 heavy (non-hydrogen) atoms. The molecule has 0 radical (unpaired) electrons. The Morgan fingerprint density at radius 3 is 2.88 bits per heavy atom. The Bertz CT molecular complexity index is 384. The maximum absolute atomic E-state index is 11.3. The number of aryl methyl sites for hydroxylation is 2. The van der Waals surface area contributed by atoms with Crippen molar-refractivity contribution in [2.24, 2.45) is 0 Å². The van der Waals surface area contributed by atoms with Gasteiger partial charge in [0.25, 0.3) is 0 Å². The first-order valence-electron chi connectivity index (χ1n) is 4.97. The van der Waals surface area contributed by atoms with Gasteiger partial charge < -0.3 is 9.84 Å². The van der Waals surface area contributed by atoms with Crippen molar-refractivity contribution in [2.45, 2.75) is 20.4 Å². The van der Waals surface area contributed by atoms with Gasteiger partial charge in [0, 0.05) is 12.1 Å². The van der Waals surface area contributed by atoms with Gasteiger partial charge in [0.1, 0.15) is 5.76 Å². The van der Waals surface area contributed by atoms with Crippen molar-refractivity contribution in [2.75, 3.05) is 13.1 Å². The zero-order valence-corrected chi connectivity index (χ0v) is 9.46. The molecule has 0 bridgehead atoms. The van der Waals surface area contributed by atoms with Crippen LogP contribution in [0, 0.1) is 26.2 Å². The van der Waals surface area contributed by atoms with E-state index < -0.39 is 0 Å². The zero-order chi connectivity index (χ0) is 12.0. The molecule has 0 atom stereocenters. The van der Waals surface area contributed by atoms with Gasteiger partial charge in [0.2, 0.25) is 5.91 Å². The zero-order valence-electron chi connectivity index (χ0n) is 9.46. The van der Waals surface area contributed by atoms with Crippen LogP contribution in [-0.2, 0) is 11.3 Å². The number of nitrogens with one attached hydrogen (secondary N) is 2. The number of nitrogens with zero attached hydrogens (tertiary/aromatic N) is 1. The second kappa shape index (κ2) is 5.93. The molecule has 0 aliphatic heterocycles. The minimum absolute atomic E-state index is 0.102. The van der Waals surface area contributed by atoms with E-state index in [0.717, 1.165) is 17.0 Å². The summed E-state index contributed by atoms with van der Waals surface area (Å²) in [6.07, 6.45) is 5.04. The molecule has 1 aromatic heterocycles. The Hall–Kier alpha value is -1.80. The quantitative estimate of drug-likeness (QED) is 0.548. The highest BCUT2D eigenvalue weighted by Crippen LogP contribution is 2.10. The van der Waals surface area contributed by atoms with E-state index in [1.807, 2.05) is 13.8 Å². The van der Waals surface area contributed by atoms with Crippen molar-refractivity contribution >= 4 is 5.91 Å². The van der Waals surface area contributed by atoms with Gasteiger partial charge in [-0.3, -0.25) is 10.1 Å². The molecule has 86 valence electrons. The Labute approximate surface area is 94.6 Å². The van der Waals surface area contributed by atoms with Crippen molar-refractivity contribution < 1.29 is 9.32 Å². The molecule has 1 aromatic rings. The summed E-state index contributed by atoms with van der Waals surface area (Å²) in [6.45, 7) is 4.69. The molecule has 0 spiro atoms. The Morgan fingerprint density at radius 2 is 2.31 bits per heavy atom. The van der Waals surface area contributed by atoms with E-state index in [2.05, 4.69) is 21.7 Å². The first kappa shape index (κ1) is 12.3. The van der Waals surface area contributed by atoms with Crippen LogP contribution in [0.1, 0.15) is 17.0 Å². The van der Waals surface area contributed by atoms with Gasteiger partial charge in [-0.2, -0.15) is 0 Å². The smallest absolute Gasteiger partial charge is 0.234 e. The molecule has 1 heterocycles. The van der Waals surface area contributed by atoms with E-state index in [1.54, 1.807) is 0 Å². The number of rotatable bonds is 5. The average molecular weight is 221 g/mol. The van der Waals surface area contributed by atoms with Crippen molar-refractivity contribution in [1.82, 2.24) is 15.8 Å². The molecule has 0 saturated carbocycles. The van der Waals surface area contributed by atoms with E-state index in [9.17, 15) is 4.79 Å². The fourth-order valence-corrected chi connectivity index (χ4v) is 1.25. The van der Waals surface area contributed by atoms with Crippen LogP contribution in [0.4, 0.5) is 0 Å². The molecule has 0 fully saturated rings. The molecule has 0 saturated heterocycles. The predicted octanol–water partition coefficient (Wildman–Crippen LogP) is 0.130. The van der Waals surface area contributed by atoms with Gasteiger partial charge in [0.05, 0.1) is 18.8 Å². The van der Waals surface area contributed by atoms with Crippen molar-refractivity contribution in [3.63, 3.8) is 0 Å². The fourth-order valence-electron chi connectivity index (χ4n) is 1.25. The fraction of sp³-hybridized carbons (Fsp3) is 0.455. The number of hydrogen-bond donors (Lipinski definition) is 2. The second-order valence-corrected chi connectivity index (χ2v) is 3.39. The number of terminal acetylenes is 1. The van der Waals surface area contributed by atoms with E-state index in [1.165, 1.54) is 0 Å². The van der Waals surface area contributed by atoms with Crippen molar-refractivity contribution in [3.05, 3.63) is 17.0 Å². The van der Waals surface area contributed by atoms with Crippen LogP contribution in [0.2, 0.25) is 0 Å². The minimum Gasteiger partial charge on any atom is -0.361 e. The summed E-state index contributed by atoms with van der Waals surface area (Å²) >= 11 is 0. The highest BCUT2D eigenvalue weighted by Gasteiger charge is 2.09. The van der Waals surface area contributed by atoms with Gasteiger partial charge in [0.15, 0.2) is 0 Å². The number of carbonyl (C=O) groups excluding carboxylic acids is 1. The Balaban J connectivity index is 2.35. The third kappa shape index (κ3) is 3.41. The highest BCUT2D eigenvalue weighted by atomic mass is 16.5. The lowest BCUT2D eigenvalue weighted by Gasteiger charge is -2.04. The standard InChI is InChI=1S/C11H15N3O2/c1-4-5-12-7-11(15)13-6-10-8(2)14-16-9(10)3/h1,12H,5-7H2,2-3H3,(H,13,15). The number of carbonyl (C=O) groups is 1. The normalized spacial score (nSPS) is 9.81. The molecule has 0 aliphatic carbocycles. The lowest BCUT2D eigenvalue weighted by Crippen LogP contribution is -2.33. The van der Waals surface area contributed by atoms with Crippen LogP contribution < -0.4 is 10.6 Å². The van der Waals surface area contributed by atoms with Crippen LogP contribution in [0.3, 0.4) is 0 Å². The summed E-state index contributed by atoms with van der Waals surface area (Å²) in [4.78, 5) is 11.3. The largest absolute Gasteiger partial charge is 0.361 e. The van der Waals surface area contributed by atoms with Gasteiger partial charge >= 0.3 is 0 Å². The highest BCUT2D eigenvalue weighted by molar-refractivity contribution is 5.78. The summed E-state index contributed by atoms with van der Waals surface area (Å²) in [5, 5.41) is 9.36. The van der Waals surface area contributed by atoms with Gasteiger partial charge in [-0.15, -0.1) is 6.42 Å². The monoisotopic (exact) mass is 221 g/mol. The molecule has 1 amide bonds. The Morgan fingerprint density at radius 1 is 1.56 bits per heavy atom. The maximum Gasteiger partial charge on any atom is 0.234 e. The van der Waals surface area contributed by atoms with Crippen molar-refractivity contribution in [3.8, 4) is 12.3 Å². The van der Waals surface area contributed by atoms with Crippen molar-refractivity contribution in [1.29, 1.82) is 0 Å². The van der Waals surface area contributed by atoms with Crippen LogP contribution in [-0.4, -0.2) is 24.2 Å². The molecule has 0 aromatic carbocycles. The van der Waals surface area contributed by atoms with Gasteiger partial charge in [-0.25, -0.2) is 0 Å². The molecular weight excluding hydrogens is 206 g/mol. The van der Waals surface area contributed by atoms with E-state index in [0.29, 0.717) is 13.1 Å². The topological polar surface area (TPSA) is 67.2 Å². The first-order chi connectivity index (χ1) is 7.65. The van der Waals surface area contributed by atoms with E-state index in [-0.39, 0.29) is 12.5 Å². The van der Waals surface area contributed by atoms with Gasteiger partial charge in [-0.1, -0.05) is 11.1 Å². The maximum atomic E-state index is 11.3. The molecule has 5 nitrogen and oxygen atoms in total. The third-order valence-corrected chi connectivity index (χ3v) is 2.16. The van der Waals surface area contributed by atoms with Gasteiger partial charge in [-0.05, 0) is 13.8 Å². The van der Waals surface area contributed by atoms with E-state index in [4.69, 9.17) is 10.9 Å². The molecule has 0 unspecified atom stereocenters. The first-order valence-corrected chi connectivity index (χ1v) is 4.97. The molecular formula is C11H15N3O2. The molecule has 2 N–H and O–H groups in total. The molecule has 5 heteroatoms. The minimum atomic E-state index is -0.102. The van der Waals surface area contributed by atoms with Crippen LogP contribution in [0.15, 0.2) is 4.52 Å². The number of amides is 1. The van der Waals surface area contributed by atoms with Crippen LogP contribution >= 0.6 is 0 Å². The summed E-state index contributed by atoms with van der Waals surface area (Å²) in [5.41, 5.74) is 1.72. The average Bonchev–Trinajstić information content (AvgIpc) is 2.57. The lowest BCUT2D eigenvalue weighted by atomic mass is 10.2. The number of hydrogen-bond acceptors (Lipinski definition) is 4. The van der Waals surface area contributed by atoms with E-state index >= 15 is 0 Å². The second-order valence-electron chi connectivity index (χ2n) is 3.39. The SMILES string of the molecule is C#CCNCC(=O)NCc1c(C)noc1C. The molecule has 0 aliphatic rings. The number of aromatic nitrogens is 1. The van der Waals surface area contributed by atoms with Crippen LogP contribution in [0.5, 0.6) is 0 Å². The third-order valence-electron chi connectivity index (χ3n) is 2.16. The predicted molar refractivity (Wildman–Crippen MR) is 59.5 cm³/mol. The summed E-state index contributed by atoms with van der Waals surface area (Å²) < 4.78 is 4.98. The molecule has 1 rings (SSSR count). The Kier molecular flexibility index (Phi) is 4.55. The van der Waals surface area contributed by atoms with Crippen LogP contribution in [0.25, 0.3) is 0 Å². The summed E-state index contributed by atoms with van der Waals surface area (Å²) in [7, 11) is 0. The lowest BCUT2D eigenvalue weighted by molar-refractivity contribution is -0.120. The summed E-state index contributed by atoms with van der Waals surface area (Å²) in [6, 6.07) is 0. The summed E-state index contributed by atoms with van der Waals surface area (Å²) in [5.74, 6) is 3.02.